The van der Waals surface area contributed by atoms with Crippen molar-refractivity contribution in [3.8, 4) is 5.75 Å². The first-order valence-electron chi connectivity index (χ1n) is 4.34. The van der Waals surface area contributed by atoms with Crippen LogP contribution < -0.4 is 5.73 Å². The van der Waals surface area contributed by atoms with E-state index in [2.05, 4.69) is 15.9 Å². The molecule has 14 heavy (non-hydrogen) atoms. The van der Waals surface area contributed by atoms with Crippen molar-refractivity contribution >= 4 is 15.9 Å². The molecule has 1 unspecified atom stereocenters. The number of phenolic OH excluding ortho intramolecular Hbond substituents is 1. The molecule has 4 N–H and O–H groups in total. The van der Waals surface area contributed by atoms with E-state index >= 15 is 0 Å². The quantitative estimate of drug-likeness (QED) is 0.759. The predicted octanol–water partition coefficient (Wildman–Crippen LogP) is 1.76. The molecule has 0 fully saturated rings. The highest BCUT2D eigenvalue weighted by Crippen LogP contribution is 2.33. The first-order valence-corrected chi connectivity index (χ1v) is 5.13. The topological polar surface area (TPSA) is 66.5 Å². The fourth-order valence-corrected chi connectivity index (χ4v) is 1.81. The number of rotatable bonds is 2. The molecule has 1 atom stereocenters. The van der Waals surface area contributed by atoms with E-state index in [1.54, 1.807) is 6.07 Å². The summed E-state index contributed by atoms with van der Waals surface area (Å²) in [6, 6.07) is 1.21. The van der Waals surface area contributed by atoms with E-state index in [0.29, 0.717) is 5.56 Å². The Labute approximate surface area is 91.7 Å². The zero-order valence-electron chi connectivity index (χ0n) is 8.21. The summed E-state index contributed by atoms with van der Waals surface area (Å²) in [5.41, 5.74) is 8.00. The smallest absolute Gasteiger partial charge is 0.123 e. The van der Waals surface area contributed by atoms with E-state index in [9.17, 15) is 5.11 Å². The number of halogens is 1. The molecule has 0 saturated heterocycles. The van der Waals surface area contributed by atoms with Crippen LogP contribution in [0.2, 0.25) is 0 Å². The number of benzene rings is 1. The number of phenols is 1. The minimum absolute atomic E-state index is 0.173. The van der Waals surface area contributed by atoms with Gasteiger partial charge in [-0.05, 0) is 31.0 Å². The van der Waals surface area contributed by atoms with Crippen LogP contribution >= 0.6 is 15.9 Å². The highest BCUT2D eigenvalue weighted by atomic mass is 79.9. The third-order valence-corrected chi connectivity index (χ3v) is 3.25. The maximum absolute atomic E-state index is 9.79. The molecule has 0 radical (unpaired) electrons. The van der Waals surface area contributed by atoms with Crippen molar-refractivity contribution < 1.29 is 10.2 Å². The van der Waals surface area contributed by atoms with Crippen molar-refractivity contribution in [1.82, 2.24) is 0 Å². The van der Waals surface area contributed by atoms with Crippen LogP contribution in [-0.2, 0) is 0 Å². The number of nitrogens with two attached hydrogens (primary N) is 1. The zero-order chi connectivity index (χ0) is 10.9. The van der Waals surface area contributed by atoms with Gasteiger partial charge in [0.25, 0.3) is 0 Å². The van der Waals surface area contributed by atoms with Gasteiger partial charge in [-0.2, -0.15) is 0 Å². The second kappa shape index (κ2) is 4.29. The number of hydrogen-bond donors (Lipinski definition) is 3. The van der Waals surface area contributed by atoms with Gasteiger partial charge < -0.3 is 15.9 Å². The number of aliphatic hydroxyl groups is 1. The van der Waals surface area contributed by atoms with Gasteiger partial charge in [-0.25, -0.2) is 0 Å². The normalized spacial score (nSPS) is 12.9. The standard InChI is InChI=1S/C10H14BrNO2/c1-5-6(2)10(14)7(3-8(5)11)9(12)4-13/h3,9,13-14H,4,12H2,1-2H3. The average molecular weight is 260 g/mol. The number of hydrogen-bond acceptors (Lipinski definition) is 3. The molecular weight excluding hydrogens is 246 g/mol. The van der Waals surface area contributed by atoms with Crippen LogP contribution in [0.15, 0.2) is 10.5 Å². The van der Waals surface area contributed by atoms with E-state index in [1.165, 1.54) is 0 Å². The Kier molecular flexibility index (Phi) is 3.53. The van der Waals surface area contributed by atoms with E-state index in [-0.39, 0.29) is 12.4 Å². The molecule has 1 rings (SSSR count). The molecule has 1 aromatic rings. The van der Waals surface area contributed by atoms with Gasteiger partial charge in [0.05, 0.1) is 12.6 Å². The van der Waals surface area contributed by atoms with E-state index in [4.69, 9.17) is 10.8 Å². The summed E-state index contributed by atoms with van der Waals surface area (Å²) in [6.07, 6.45) is 0. The lowest BCUT2D eigenvalue weighted by Gasteiger charge is -2.15. The van der Waals surface area contributed by atoms with E-state index in [1.807, 2.05) is 13.8 Å². The highest BCUT2D eigenvalue weighted by molar-refractivity contribution is 9.10. The van der Waals surface area contributed by atoms with Gasteiger partial charge >= 0.3 is 0 Å². The summed E-state index contributed by atoms with van der Waals surface area (Å²) >= 11 is 3.38. The Hall–Kier alpha value is -0.580. The second-order valence-corrected chi connectivity index (χ2v) is 4.19. The monoisotopic (exact) mass is 259 g/mol. The first kappa shape index (κ1) is 11.5. The van der Waals surface area contributed by atoms with Crippen molar-refractivity contribution in [1.29, 1.82) is 0 Å². The van der Waals surface area contributed by atoms with Crippen LogP contribution in [0.4, 0.5) is 0 Å². The second-order valence-electron chi connectivity index (χ2n) is 3.34. The summed E-state index contributed by atoms with van der Waals surface area (Å²) in [6.45, 7) is 3.55. The number of aliphatic hydroxyl groups excluding tert-OH is 1. The molecular formula is C10H14BrNO2. The van der Waals surface area contributed by atoms with Crippen LogP contribution in [-0.4, -0.2) is 16.8 Å². The summed E-state index contributed by atoms with van der Waals surface area (Å²) in [5.74, 6) is 0.173. The molecule has 78 valence electrons. The Morgan fingerprint density at radius 2 is 2.00 bits per heavy atom. The molecule has 0 bridgehead atoms. The van der Waals surface area contributed by atoms with Crippen LogP contribution in [0.3, 0.4) is 0 Å². The van der Waals surface area contributed by atoms with Crippen molar-refractivity contribution in [2.45, 2.75) is 19.9 Å². The van der Waals surface area contributed by atoms with Crippen LogP contribution in [0.1, 0.15) is 22.7 Å². The molecule has 0 aliphatic rings. The Morgan fingerprint density at radius 3 is 2.50 bits per heavy atom. The summed E-state index contributed by atoms with van der Waals surface area (Å²) in [5, 5.41) is 18.7. The largest absolute Gasteiger partial charge is 0.507 e. The minimum Gasteiger partial charge on any atom is -0.507 e. The van der Waals surface area contributed by atoms with Gasteiger partial charge in [0, 0.05) is 10.0 Å². The molecule has 0 amide bonds. The van der Waals surface area contributed by atoms with E-state index in [0.717, 1.165) is 15.6 Å². The number of aromatic hydroxyl groups is 1. The fraction of sp³-hybridized carbons (Fsp3) is 0.400. The van der Waals surface area contributed by atoms with Crippen LogP contribution in [0, 0.1) is 13.8 Å². The summed E-state index contributed by atoms with van der Waals surface area (Å²) < 4.78 is 0.895. The Bertz CT molecular complexity index is 352. The Morgan fingerprint density at radius 1 is 1.43 bits per heavy atom. The van der Waals surface area contributed by atoms with Gasteiger partial charge in [0.15, 0.2) is 0 Å². The van der Waals surface area contributed by atoms with Gasteiger partial charge in [-0.15, -0.1) is 0 Å². The third-order valence-electron chi connectivity index (χ3n) is 2.43. The van der Waals surface area contributed by atoms with Gasteiger partial charge in [0.1, 0.15) is 5.75 Å². The van der Waals surface area contributed by atoms with Crippen molar-refractivity contribution in [3.05, 3.63) is 27.2 Å². The molecule has 0 aliphatic heterocycles. The third kappa shape index (κ3) is 1.92. The zero-order valence-corrected chi connectivity index (χ0v) is 9.80. The molecule has 3 nitrogen and oxygen atoms in total. The maximum atomic E-state index is 9.79. The lowest BCUT2D eigenvalue weighted by molar-refractivity contribution is 0.265. The predicted molar refractivity (Wildman–Crippen MR) is 59.3 cm³/mol. The molecule has 0 aliphatic carbocycles. The highest BCUT2D eigenvalue weighted by Gasteiger charge is 2.15. The summed E-state index contributed by atoms with van der Waals surface area (Å²) in [7, 11) is 0. The lowest BCUT2D eigenvalue weighted by Crippen LogP contribution is -2.15. The van der Waals surface area contributed by atoms with Crippen molar-refractivity contribution in [2.24, 2.45) is 5.73 Å². The van der Waals surface area contributed by atoms with Crippen molar-refractivity contribution in [2.75, 3.05) is 6.61 Å². The SMILES string of the molecule is Cc1c(Br)cc(C(N)CO)c(O)c1C. The first-order chi connectivity index (χ1) is 6.49. The molecule has 1 aromatic carbocycles. The van der Waals surface area contributed by atoms with Crippen LogP contribution in [0.25, 0.3) is 0 Å². The molecule has 0 saturated carbocycles. The molecule has 0 spiro atoms. The van der Waals surface area contributed by atoms with Crippen molar-refractivity contribution in [3.63, 3.8) is 0 Å². The Balaban J connectivity index is 3.33. The lowest BCUT2D eigenvalue weighted by atomic mass is 10.00. The van der Waals surface area contributed by atoms with Gasteiger partial charge in [-0.1, -0.05) is 15.9 Å². The van der Waals surface area contributed by atoms with E-state index < -0.39 is 6.04 Å². The summed E-state index contributed by atoms with van der Waals surface area (Å²) in [4.78, 5) is 0. The minimum atomic E-state index is -0.536. The molecule has 4 heteroatoms. The average Bonchev–Trinajstić information content (AvgIpc) is 2.19. The fourth-order valence-electron chi connectivity index (χ4n) is 1.27. The van der Waals surface area contributed by atoms with Gasteiger partial charge in [0.2, 0.25) is 0 Å². The maximum Gasteiger partial charge on any atom is 0.123 e. The van der Waals surface area contributed by atoms with Crippen LogP contribution in [0.5, 0.6) is 5.75 Å². The van der Waals surface area contributed by atoms with Gasteiger partial charge in [-0.3, -0.25) is 0 Å². The molecule has 0 heterocycles. The molecule has 0 aromatic heterocycles.